The number of piperidine rings is 1. The molecule has 3 aliphatic heterocycles. The highest BCUT2D eigenvalue weighted by atomic mass is 32.2. The van der Waals surface area contributed by atoms with E-state index in [1.165, 1.54) is 18.0 Å². The highest BCUT2D eigenvalue weighted by Gasteiger charge is 2.26. The first-order valence-corrected chi connectivity index (χ1v) is 10.1. The SMILES string of the molecule is CC1CCN(CC(O)CN2CCN(C3=NCC(C)S3)CC2)CC1. The highest BCUT2D eigenvalue weighted by Crippen LogP contribution is 2.23. The van der Waals surface area contributed by atoms with Gasteiger partial charge in [-0.2, -0.15) is 0 Å². The predicted octanol–water partition coefficient (Wildman–Crippen LogP) is 1.19. The average molecular weight is 341 g/mol. The first-order chi connectivity index (χ1) is 11.1. The number of amidine groups is 1. The first kappa shape index (κ1) is 17.5. The number of aliphatic imine (C=N–C) groups is 1. The van der Waals surface area contributed by atoms with Gasteiger partial charge in [-0.05, 0) is 31.8 Å². The van der Waals surface area contributed by atoms with E-state index in [2.05, 4.69) is 33.5 Å². The molecule has 0 amide bonds. The second-order valence-electron chi connectivity index (χ2n) is 7.48. The number of likely N-dealkylation sites (tertiary alicyclic amines) is 1. The van der Waals surface area contributed by atoms with Gasteiger partial charge in [0.15, 0.2) is 5.17 Å². The van der Waals surface area contributed by atoms with Crippen LogP contribution in [-0.4, -0.2) is 95.2 Å². The van der Waals surface area contributed by atoms with Crippen molar-refractivity contribution in [1.82, 2.24) is 14.7 Å². The average Bonchev–Trinajstić information content (AvgIpc) is 2.97. The molecule has 3 rings (SSSR count). The Hall–Kier alpha value is -0.300. The zero-order chi connectivity index (χ0) is 16.2. The molecule has 6 heteroatoms. The number of β-amino-alcohol motifs (C(OH)–C–C–N with tert-alkyl or cyclic N) is 1. The minimum absolute atomic E-state index is 0.215. The Bertz CT molecular complexity index is 403. The molecule has 0 aliphatic carbocycles. The van der Waals surface area contributed by atoms with Gasteiger partial charge in [-0.1, -0.05) is 25.6 Å². The van der Waals surface area contributed by atoms with Crippen molar-refractivity contribution in [2.24, 2.45) is 10.9 Å². The van der Waals surface area contributed by atoms with Gasteiger partial charge in [0.05, 0.1) is 12.6 Å². The minimum Gasteiger partial charge on any atom is -0.390 e. The molecule has 23 heavy (non-hydrogen) atoms. The fourth-order valence-corrected chi connectivity index (χ4v) is 4.65. The molecule has 3 aliphatic rings. The summed E-state index contributed by atoms with van der Waals surface area (Å²) in [6.45, 7) is 13.7. The van der Waals surface area contributed by atoms with E-state index in [9.17, 15) is 5.11 Å². The standard InChI is InChI=1S/C17H32N4OS/c1-14-3-5-19(6-4-14)12-16(22)13-20-7-9-21(10-8-20)17-18-11-15(2)23-17/h14-16,22H,3-13H2,1-2H3. The number of piperazine rings is 1. The lowest BCUT2D eigenvalue weighted by Gasteiger charge is -2.37. The van der Waals surface area contributed by atoms with Crippen LogP contribution in [0.5, 0.6) is 0 Å². The van der Waals surface area contributed by atoms with E-state index in [-0.39, 0.29) is 6.10 Å². The summed E-state index contributed by atoms with van der Waals surface area (Å²) < 4.78 is 0. The molecular weight excluding hydrogens is 308 g/mol. The van der Waals surface area contributed by atoms with Crippen LogP contribution in [0.3, 0.4) is 0 Å². The molecule has 3 heterocycles. The van der Waals surface area contributed by atoms with Crippen molar-refractivity contribution in [2.75, 3.05) is 58.9 Å². The largest absolute Gasteiger partial charge is 0.390 e. The number of aliphatic hydroxyl groups is 1. The van der Waals surface area contributed by atoms with Crippen molar-refractivity contribution < 1.29 is 5.11 Å². The maximum absolute atomic E-state index is 10.4. The number of nitrogens with zero attached hydrogens (tertiary/aromatic N) is 4. The van der Waals surface area contributed by atoms with Gasteiger partial charge < -0.3 is 14.9 Å². The van der Waals surface area contributed by atoms with Gasteiger partial charge in [-0.3, -0.25) is 9.89 Å². The lowest BCUT2D eigenvalue weighted by molar-refractivity contribution is 0.0511. The summed E-state index contributed by atoms with van der Waals surface area (Å²) in [4.78, 5) is 11.9. The van der Waals surface area contributed by atoms with E-state index in [1.807, 2.05) is 11.8 Å². The molecule has 0 aromatic rings. The van der Waals surface area contributed by atoms with Gasteiger partial charge in [-0.25, -0.2) is 0 Å². The third kappa shape index (κ3) is 5.08. The molecule has 0 bridgehead atoms. The number of hydrogen-bond acceptors (Lipinski definition) is 6. The quantitative estimate of drug-likeness (QED) is 0.833. The summed E-state index contributed by atoms with van der Waals surface area (Å²) in [7, 11) is 0. The second kappa shape index (κ2) is 8.19. The molecule has 0 aromatic heterocycles. The van der Waals surface area contributed by atoms with Crippen LogP contribution in [0.4, 0.5) is 0 Å². The molecule has 2 saturated heterocycles. The topological polar surface area (TPSA) is 42.3 Å². The van der Waals surface area contributed by atoms with Crippen molar-refractivity contribution in [3.63, 3.8) is 0 Å². The summed E-state index contributed by atoms with van der Waals surface area (Å²) in [5.74, 6) is 0.857. The molecule has 0 saturated carbocycles. The smallest absolute Gasteiger partial charge is 0.159 e. The van der Waals surface area contributed by atoms with E-state index in [0.717, 1.165) is 64.8 Å². The monoisotopic (exact) mass is 340 g/mol. The van der Waals surface area contributed by atoms with Gasteiger partial charge >= 0.3 is 0 Å². The lowest BCUT2D eigenvalue weighted by Crippen LogP contribution is -2.51. The van der Waals surface area contributed by atoms with Gasteiger partial charge in [0.2, 0.25) is 0 Å². The van der Waals surface area contributed by atoms with E-state index >= 15 is 0 Å². The number of aliphatic hydroxyl groups excluding tert-OH is 1. The van der Waals surface area contributed by atoms with Crippen LogP contribution in [0, 0.1) is 5.92 Å². The van der Waals surface area contributed by atoms with Gasteiger partial charge in [0, 0.05) is 44.5 Å². The number of hydrogen-bond donors (Lipinski definition) is 1. The molecule has 0 spiro atoms. The number of rotatable bonds is 4. The van der Waals surface area contributed by atoms with Gasteiger partial charge in [0.25, 0.3) is 0 Å². The molecular formula is C17H32N4OS. The maximum Gasteiger partial charge on any atom is 0.159 e. The van der Waals surface area contributed by atoms with Crippen LogP contribution in [0.15, 0.2) is 4.99 Å². The molecule has 132 valence electrons. The zero-order valence-electron chi connectivity index (χ0n) is 14.7. The van der Waals surface area contributed by atoms with Crippen molar-refractivity contribution in [3.8, 4) is 0 Å². The second-order valence-corrected chi connectivity index (χ2v) is 8.88. The van der Waals surface area contributed by atoms with Crippen LogP contribution in [0.1, 0.15) is 26.7 Å². The predicted molar refractivity (Wildman–Crippen MR) is 98.2 cm³/mol. The molecule has 2 fully saturated rings. The minimum atomic E-state index is -0.215. The van der Waals surface area contributed by atoms with Crippen LogP contribution in [0.2, 0.25) is 0 Å². The molecule has 2 atom stereocenters. The van der Waals surface area contributed by atoms with Crippen LogP contribution < -0.4 is 0 Å². The van der Waals surface area contributed by atoms with E-state index in [0.29, 0.717) is 5.25 Å². The third-order valence-corrected chi connectivity index (χ3v) is 6.40. The highest BCUT2D eigenvalue weighted by molar-refractivity contribution is 8.14. The Balaban J connectivity index is 1.35. The first-order valence-electron chi connectivity index (χ1n) is 9.19. The van der Waals surface area contributed by atoms with Crippen LogP contribution >= 0.6 is 11.8 Å². The summed E-state index contributed by atoms with van der Waals surface area (Å²) >= 11 is 1.91. The van der Waals surface area contributed by atoms with Crippen LogP contribution in [-0.2, 0) is 0 Å². The third-order valence-electron chi connectivity index (χ3n) is 5.25. The summed E-state index contributed by atoms with van der Waals surface area (Å²) in [6, 6.07) is 0. The van der Waals surface area contributed by atoms with Gasteiger partial charge in [0.1, 0.15) is 0 Å². The zero-order valence-corrected chi connectivity index (χ0v) is 15.5. The summed E-state index contributed by atoms with van der Waals surface area (Å²) in [5, 5.41) is 12.3. The van der Waals surface area contributed by atoms with Crippen LogP contribution in [0.25, 0.3) is 0 Å². The van der Waals surface area contributed by atoms with Crippen molar-refractivity contribution in [2.45, 2.75) is 38.0 Å². The maximum atomic E-state index is 10.4. The molecule has 0 radical (unpaired) electrons. The fraction of sp³-hybridized carbons (Fsp3) is 0.941. The van der Waals surface area contributed by atoms with Gasteiger partial charge in [-0.15, -0.1) is 0 Å². The van der Waals surface area contributed by atoms with Crippen molar-refractivity contribution in [3.05, 3.63) is 0 Å². The van der Waals surface area contributed by atoms with Crippen molar-refractivity contribution in [1.29, 1.82) is 0 Å². The molecule has 5 nitrogen and oxygen atoms in total. The Morgan fingerprint density at radius 1 is 1.04 bits per heavy atom. The van der Waals surface area contributed by atoms with E-state index in [1.54, 1.807) is 0 Å². The Kier molecular flexibility index (Phi) is 6.24. The molecule has 0 aromatic carbocycles. The molecule has 2 unspecified atom stereocenters. The van der Waals surface area contributed by atoms with E-state index in [4.69, 9.17) is 0 Å². The normalized spacial score (nSPS) is 29.8. The van der Waals surface area contributed by atoms with E-state index < -0.39 is 0 Å². The van der Waals surface area contributed by atoms with Crippen molar-refractivity contribution >= 4 is 16.9 Å². The Labute approximate surface area is 145 Å². The fourth-order valence-electron chi connectivity index (χ4n) is 3.66. The lowest BCUT2D eigenvalue weighted by atomic mass is 9.99. The Morgan fingerprint density at radius 2 is 1.65 bits per heavy atom. The Morgan fingerprint density at radius 3 is 2.22 bits per heavy atom. The number of thioether (sulfide) groups is 1. The summed E-state index contributed by atoms with van der Waals surface area (Å²) in [5.41, 5.74) is 0. The summed E-state index contributed by atoms with van der Waals surface area (Å²) in [6.07, 6.45) is 2.35. The molecule has 1 N–H and O–H groups in total.